The molecule has 1 heterocycles. The summed E-state index contributed by atoms with van der Waals surface area (Å²) >= 11 is 0. The third-order valence-corrected chi connectivity index (χ3v) is 6.86. The highest BCUT2D eigenvalue weighted by Crippen LogP contribution is 2.28. The number of nitrogens with zero attached hydrogens (tertiary/aromatic N) is 2. The van der Waals surface area contributed by atoms with E-state index in [1.165, 1.54) is 35.1 Å². The first-order valence-electron chi connectivity index (χ1n) is 10.3. The summed E-state index contributed by atoms with van der Waals surface area (Å²) in [5.74, 6) is -0.0727. The monoisotopic (exact) mass is 485 g/mol. The lowest BCUT2D eigenvalue weighted by molar-refractivity contribution is -0.145. The van der Waals surface area contributed by atoms with Gasteiger partial charge in [-0.05, 0) is 43.2 Å². The summed E-state index contributed by atoms with van der Waals surface area (Å²) < 4.78 is 71.9. The molecule has 2 aromatic carbocycles. The Bertz CT molecular complexity index is 1110. The van der Waals surface area contributed by atoms with E-state index in [4.69, 9.17) is 4.74 Å². The van der Waals surface area contributed by atoms with Crippen LogP contribution in [0.1, 0.15) is 22.3 Å². The molecule has 11 heteroatoms. The normalized spacial score (nSPS) is 15.7. The Morgan fingerprint density at radius 2 is 1.82 bits per heavy atom. The lowest BCUT2D eigenvalue weighted by atomic mass is 10.1. The van der Waals surface area contributed by atoms with Crippen LogP contribution >= 0.6 is 0 Å². The molecule has 1 aliphatic heterocycles. The zero-order chi connectivity index (χ0) is 24.2. The molecule has 2 aromatic rings. The SMILES string of the molecule is COc1ccccc1NS(=O)(=O)c1cc(C(=O)N2CCCN(CC(F)(F)F)CC2)ccc1C. The Morgan fingerprint density at radius 3 is 2.52 bits per heavy atom. The minimum absolute atomic E-state index is 0.0622. The van der Waals surface area contributed by atoms with E-state index in [0.29, 0.717) is 24.3 Å². The molecule has 1 fully saturated rings. The topological polar surface area (TPSA) is 78.9 Å². The first-order chi connectivity index (χ1) is 15.5. The molecule has 1 aliphatic rings. The van der Waals surface area contributed by atoms with Crippen molar-refractivity contribution in [2.75, 3.05) is 44.6 Å². The number of sulfonamides is 1. The summed E-state index contributed by atoms with van der Waals surface area (Å²) in [5.41, 5.74) is 0.861. The first kappa shape index (κ1) is 24.8. The van der Waals surface area contributed by atoms with Crippen molar-refractivity contribution in [2.45, 2.75) is 24.4 Å². The van der Waals surface area contributed by atoms with E-state index in [2.05, 4.69) is 4.72 Å². The van der Waals surface area contributed by atoms with E-state index in [0.717, 1.165) is 0 Å². The highest BCUT2D eigenvalue weighted by molar-refractivity contribution is 7.92. The molecule has 0 atom stereocenters. The number of rotatable bonds is 6. The molecular weight excluding hydrogens is 459 g/mol. The zero-order valence-electron chi connectivity index (χ0n) is 18.4. The van der Waals surface area contributed by atoms with Crippen molar-refractivity contribution in [3.05, 3.63) is 53.6 Å². The lowest BCUT2D eigenvalue weighted by Crippen LogP contribution is -2.38. The number of carbonyl (C=O) groups excluding carboxylic acids is 1. The fourth-order valence-corrected chi connectivity index (χ4v) is 5.06. The van der Waals surface area contributed by atoms with Crippen molar-refractivity contribution in [1.29, 1.82) is 0 Å². The van der Waals surface area contributed by atoms with Crippen LogP contribution < -0.4 is 9.46 Å². The Hall–Kier alpha value is -2.79. The van der Waals surface area contributed by atoms with Gasteiger partial charge in [-0.3, -0.25) is 14.4 Å². The van der Waals surface area contributed by atoms with Gasteiger partial charge in [0.2, 0.25) is 0 Å². The Morgan fingerprint density at radius 1 is 1.09 bits per heavy atom. The van der Waals surface area contributed by atoms with Gasteiger partial charge in [0.1, 0.15) is 5.75 Å². The van der Waals surface area contributed by atoms with Gasteiger partial charge in [0.05, 0.1) is 24.2 Å². The van der Waals surface area contributed by atoms with Crippen molar-refractivity contribution >= 4 is 21.6 Å². The number of hydrogen-bond donors (Lipinski definition) is 1. The predicted molar refractivity (Wildman–Crippen MR) is 118 cm³/mol. The van der Waals surface area contributed by atoms with E-state index in [1.807, 2.05) is 0 Å². The van der Waals surface area contributed by atoms with Crippen LogP contribution in [0.2, 0.25) is 0 Å². The Balaban J connectivity index is 1.80. The maximum Gasteiger partial charge on any atom is 0.401 e. The molecule has 0 aliphatic carbocycles. The molecule has 1 N–H and O–H groups in total. The van der Waals surface area contributed by atoms with Crippen molar-refractivity contribution in [1.82, 2.24) is 9.80 Å². The molecule has 0 bridgehead atoms. The number of alkyl halides is 3. The fourth-order valence-electron chi connectivity index (χ4n) is 3.72. The third-order valence-electron chi connectivity index (χ3n) is 5.35. The maximum atomic E-state index is 13.1. The standard InChI is InChI=1S/C22H26F3N3O4S/c1-16-8-9-17(21(29)28-11-5-10-27(12-13-28)15-22(23,24)25)14-20(16)33(30,31)26-18-6-3-4-7-19(18)32-2/h3-4,6-9,14,26H,5,10-13,15H2,1-2H3. The van der Waals surface area contributed by atoms with Gasteiger partial charge in [0.15, 0.2) is 0 Å². The highest BCUT2D eigenvalue weighted by atomic mass is 32.2. The molecule has 33 heavy (non-hydrogen) atoms. The minimum Gasteiger partial charge on any atom is -0.495 e. The van der Waals surface area contributed by atoms with Crippen LogP contribution in [0.3, 0.4) is 0 Å². The van der Waals surface area contributed by atoms with Gasteiger partial charge in [-0.1, -0.05) is 18.2 Å². The number of anilines is 1. The summed E-state index contributed by atoms with van der Waals surface area (Å²) in [5, 5.41) is 0. The Labute approximate surface area is 191 Å². The number of benzene rings is 2. The number of carbonyl (C=O) groups is 1. The summed E-state index contributed by atoms with van der Waals surface area (Å²) in [6, 6.07) is 10.9. The van der Waals surface area contributed by atoms with Gasteiger partial charge in [0.25, 0.3) is 15.9 Å². The minimum atomic E-state index is -4.30. The molecule has 0 radical (unpaired) electrons. The van der Waals surface area contributed by atoms with Gasteiger partial charge < -0.3 is 9.64 Å². The average Bonchev–Trinajstić information content (AvgIpc) is 2.97. The summed E-state index contributed by atoms with van der Waals surface area (Å²) in [6.45, 7) is 1.35. The predicted octanol–water partition coefficient (Wildman–Crippen LogP) is 3.51. The van der Waals surface area contributed by atoms with Crippen molar-refractivity contribution in [3.63, 3.8) is 0 Å². The number of hydrogen-bond acceptors (Lipinski definition) is 5. The van der Waals surface area contributed by atoms with Gasteiger partial charge in [0, 0.05) is 31.7 Å². The first-order valence-corrected chi connectivity index (χ1v) is 11.8. The summed E-state index contributed by atoms with van der Waals surface area (Å²) in [6.07, 6.45) is -3.90. The van der Waals surface area contributed by atoms with Crippen molar-refractivity contribution in [2.24, 2.45) is 0 Å². The van der Waals surface area contributed by atoms with E-state index in [1.54, 1.807) is 31.2 Å². The van der Waals surface area contributed by atoms with Crippen LogP contribution in [-0.2, 0) is 10.0 Å². The number of methoxy groups -OCH3 is 1. The van der Waals surface area contributed by atoms with E-state index in [-0.39, 0.29) is 35.8 Å². The second-order valence-electron chi connectivity index (χ2n) is 7.82. The molecule has 1 saturated heterocycles. The van der Waals surface area contributed by atoms with Crippen LogP contribution in [0.25, 0.3) is 0 Å². The molecule has 0 saturated carbocycles. The van der Waals surface area contributed by atoms with Crippen LogP contribution in [0.4, 0.5) is 18.9 Å². The second kappa shape index (κ2) is 10.0. The number of nitrogens with one attached hydrogen (secondary N) is 1. The van der Waals surface area contributed by atoms with Crippen LogP contribution in [-0.4, -0.2) is 70.1 Å². The molecule has 180 valence electrons. The number of para-hydroxylation sites is 2. The van der Waals surface area contributed by atoms with Crippen LogP contribution in [0.15, 0.2) is 47.4 Å². The quantitative estimate of drug-likeness (QED) is 0.678. The van der Waals surface area contributed by atoms with Crippen molar-refractivity contribution in [3.8, 4) is 5.75 Å². The van der Waals surface area contributed by atoms with Crippen LogP contribution in [0.5, 0.6) is 5.75 Å². The fraction of sp³-hybridized carbons (Fsp3) is 0.409. The smallest absolute Gasteiger partial charge is 0.401 e. The molecule has 0 aromatic heterocycles. The summed E-state index contributed by atoms with van der Waals surface area (Å²) in [7, 11) is -2.61. The molecular formula is C22H26F3N3O4S. The van der Waals surface area contributed by atoms with Gasteiger partial charge in [-0.2, -0.15) is 13.2 Å². The number of ether oxygens (including phenoxy) is 1. The highest BCUT2D eigenvalue weighted by Gasteiger charge is 2.32. The number of amides is 1. The van der Waals surface area contributed by atoms with Gasteiger partial charge >= 0.3 is 6.18 Å². The number of aryl methyl sites for hydroxylation is 1. The van der Waals surface area contributed by atoms with Gasteiger partial charge in [-0.25, -0.2) is 8.42 Å². The van der Waals surface area contributed by atoms with E-state index >= 15 is 0 Å². The third kappa shape index (κ3) is 6.38. The van der Waals surface area contributed by atoms with E-state index in [9.17, 15) is 26.4 Å². The molecule has 1 amide bonds. The number of halogens is 3. The molecule has 7 nitrogen and oxygen atoms in total. The Kier molecular flexibility index (Phi) is 7.53. The molecule has 0 spiro atoms. The van der Waals surface area contributed by atoms with Crippen LogP contribution in [0, 0.1) is 6.92 Å². The van der Waals surface area contributed by atoms with E-state index < -0.39 is 28.7 Å². The zero-order valence-corrected chi connectivity index (χ0v) is 19.2. The second-order valence-corrected chi connectivity index (χ2v) is 9.47. The lowest BCUT2D eigenvalue weighted by Gasteiger charge is -2.23. The summed E-state index contributed by atoms with van der Waals surface area (Å²) in [4.78, 5) is 15.7. The molecule has 0 unspecified atom stereocenters. The average molecular weight is 486 g/mol. The van der Waals surface area contributed by atoms with Gasteiger partial charge in [-0.15, -0.1) is 0 Å². The molecule has 3 rings (SSSR count). The largest absolute Gasteiger partial charge is 0.495 e. The maximum absolute atomic E-state index is 13.1. The van der Waals surface area contributed by atoms with Crippen molar-refractivity contribution < 1.29 is 31.1 Å².